The van der Waals surface area contributed by atoms with Crippen molar-refractivity contribution in [2.24, 2.45) is 0 Å². The number of aryl methyl sites for hydroxylation is 1. The third kappa shape index (κ3) is 2.23. The maximum absolute atomic E-state index is 11.1. The molecule has 6 heteroatoms. The van der Waals surface area contributed by atoms with E-state index in [0.29, 0.717) is 16.5 Å². The zero-order valence-electron chi connectivity index (χ0n) is 10.7. The first-order valence-corrected chi connectivity index (χ1v) is 7.64. The Morgan fingerprint density at radius 2 is 1.60 bits per heavy atom. The molecule has 20 heavy (non-hydrogen) atoms. The van der Waals surface area contributed by atoms with Crippen LogP contribution >= 0.6 is 0 Å². The molecule has 0 aliphatic carbocycles. The number of hydrogen-bond donors (Lipinski definition) is 1. The lowest BCUT2D eigenvalue weighted by atomic mass is 10.0. The van der Waals surface area contributed by atoms with Crippen molar-refractivity contribution in [3.8, 4) is 0 Å². The fraction of sp³-hybridized carbons (Fsp3) is 0.143. The number of hydrogen-bond acceptors (Lipinski definition) is 4. The second-order valence-electron chi connectivity index (χ2n) is 4.68. The minimum absolute atomic E-state index is 0.427. The Bertz CT molecular complexity index is 920. The summed E-state index contributed by atoms with van der Waals surface area (Å²) in [6, 6.07) is 7.23. The van der Waals surface area contributed by atoms with Gasteiger partial charge in [-0.05, 0) is 30.2 Å². The van der Waals surface area contributed by atoms with Gasteiger partial charge in [0.05, 0.1) is 11.0 Å². The summed E-state index contributed by atoms with van der Waals surface area (Å²) in [5, 5.41) is 1.67. The molecular weight excluding hydrogens is 276 g/mol. The maximum Gasteiger partial charge on any atom is 0.269 e. The van der Waals surface area contributed by atoms with E-state index in [1.165, 1.54) is 6.20 Å². The van der Waals surface area contributed by atoms with E-state index in [9.17, 15) is 8.42 Å². The Labute approximate surface area is 116 Å². The van der Waals surface area contributed by atoms with Gasteiger partial charge < -0.3 is 0 Å². The highest BCUT2D eigenvalue weighted by Gasteiger charge is 2.12. The third-order valence-corrected chi connectivity index (χ3v) is 3.94. The summed E-state index contributed by atoms with van der Waals surface area (Å²) >= 11 is 0. The lowest BCUT2D eigenvalue weighted by Gasteiger charge is -2.08. The van der Waals surface area contributed by atoms with Gasteiger partial charge in [-0.2, -0.15) is 8.42 Å². The summed E-state index contributed by atoms with van der Waals surface area (Å²) in [6.45, 7) is 1.98. The largest absolute Gasteiger partial charge is 0.285 e. The maximum atomic E-state index is 11.1. The Hall–Kier alpha value is -2.05. The highest BCUT2D eigenvalue weighted by atomic mass is 32.2. The molecule has 0 spiro atoms. The summed E-state index contributed by atoms with van der Waals surface area (Å²) in [5.41, 5.74) is 2.98. The fourth-order valence-corrected chi connectivity index (χ4v) is 2.99. The van der Waals surface area contributed by atoms with Crippen LogP contribution in [0.5, 0.6) is 0 Å². The average molecular weight is 288 g/mol. The van der Waals surface area contributed by atoms with E-state index in [1.807, 2.05) is 25.1 Å². The monoisotopic (exact) mass is 288 g/mol. The molecule has 1 aromatic carbocycles. The summed E-state index contributed by atoms with van der Waals surface area (Å²) in [5.74, 6) is -0.427. The molecule has 5 nitrogen and oxygen atoms in total. The number of pyridine rings is 2. The van der Waals surface area contributed by atoms with Gasteiger partial charge >= 0.3 is 0 Å². The van der Waals surface area contributed by atoms with Crippen molar-refractivity contribution in [3.05, 3.63) is 47.8 Å². The number of nitrogens with zero attached hydrogens (tertiary/aromatic N) is 2. The molecule has 2 aromatic heterocycles. The number of aromatic nitrogens is 2. The molecule has 0 amide bonds. The van der Waals surface area contributed by atoms with Crippen LogP contribution in [0.25, 0.3) is 21.8 Å². The average Bonchev–Trinajstić information content (AvgIpc) is 2.37. The highest BCUT2D eigenvalue weighted by molar-refractivity contribution is 7.85. The van der Waals surface area contributed by atoms with Gasteiger partial charge in [-0.3, -0.25) is 14.5 Å². The normalized spacial score (nSPS) is 12.1. The van der Waals surface area contributed by atoms with Gasteiger partial charge in [0.2, 0.25) is 0 Å². The van der Waals surface area contributed by atoms with Crippen molar-refractivity contribution >= 4 is 31.9 Å². The van der Waals surface area contributed by atoms with Crippen molar-refractivity contribution in [3.63, 3.8) is 0 Å². The van der Waals surface area contributed by atoms with Crippen LogP contribution in [0.1, 0.15) is 11.1 Å². The molecule has 0 radical (unpaired) electrons. The Morgan fingerprint density at radius 1 is 1.00 bits per heavy atom. The lowest BCUT2D eigenvalue weighted by molar-refractivity contribution is 0.482. The zero-order valence-corrected chi connectivity index (χ0v) is 11.6. The number of fused-ring (bicyclic) bond motifs is 3. The molecule has 0 saturated heterocycles. The predicted octanol–water partition coefficient (Wildman–Crippen LogP) is 2.48. The molecule has 0 saturated carbocycles. The van der Waals surface area contributed by atoms with Crippen LogP contribution in [-0.4, -0.2) is 22.9 Å². The molecule has 3 rings (SSSR count). The van der Waals surface area contributed by atoms with Crippen molar-refractivity contribution in [1.29, 1.82) is 0 Å². The molecule has 0 aliphatic rings. The first-order valence-electron chi connectivity index (χ1n) is 6.03. The Morgan fingerprint density at radius 3 is 2.30 bits per heavy atom. The molecule has 3 aromatic rings. The first kappa shape index (κ1) is 13.0. The van der Waals surface area contributed by atoms with E-state index >= 15 is 0 Å². The summed E-state index contributed by atoms with van der Waals surface area (Å²) < 4.78 is 31.2. The topological polar surface area (TPSA) is 80.2 Å². The zero-order chi connectivity index (χ0) is 14.3. The van der Waals surface area contributed by atoms with E-state index in [0.717, 1.165) is 16.5 Å². The minimum Gasteiger partial charge on any atom is -0.285 e. The van der Waals surface area contributed by atoms with Gasteiger partial charge in [-0.1, -0.05) is 12.1 Å². The first-order chi connectivity index (χ1) is 9.46. The molecule has 0 aliphatic heterocycles. The number of benzene rings is 1. The van der Waals surface area contributed by atoms with E-state index < -0.39 is 15.9 Å². The van der Waals surface area contributed by atoms with Crippen molar-refractivity contribution in [1.82, 2.24) is 9.97 Å². The minimum atomic E-state index is -4.08. The number of rotatable bonds is 2. The molecule has 102 valence electrons. The van der Waals surface area contributed by atoms with Crippen LogP contribution in [-0.2, 0) is 15.9 Å². The smallest absolute Gasteiger partial charge is 0.269 e. The molecule has 1 N–H and O–H groups in total. The summed E-state index contributed by atoms with van der Waals surface area (Å²) in [7, 11) is -4.08. The van der Waals surface area contributed by atoms with E-state index in [1.54, 1.807) is 12.3 Å². The fourth-order valence-electron chi connectivity index (χ4n) is 2.35. The second kappa shape index (κ2) is 4.50. The lowest BCUT2D eigenvalue weighted by Crippen LogP contribution is -2.02. The van der Waals surface area contributed by atoms with Crippen LogP contribution in [0.15, 0.2) is 36.7 Å². The quantitative estimate of drug-likeness (QED) is 0.579. The summed E-state index contributed by atoms with van der Waals surface area (Å²) in [6.07, 6.45) is 3.24. The van der Waals surface area contributed by atoms with Crippen LogP contribution < -0.4 is 0 Å². The van der Waals surface area contributed by atoms with Gasteiger partial charge in [0, 0.05) is 23.2 Å². The van der Waals surface area contributed by atoms with Gasteiger partial charge in [-0.15, -0.1) is 0 Å². The standard InChI is InChI=1S/C14H12N2O3S/c1-9-4-6-15-13-11(9)2-3-12-10(8-20(17,18)19)5-7-16-14(12)13/h2-7H,8H2,1H3,(H,17,18,19). The van der Waals surface area contributed by atoms with Crippen LogP contribution in [0.4, 0.5) is 0 Å². The Balaban J connectivity index is 2.37. The van der Waals surface area contributed by atoms with E-state index in [2.05, 4.69) is 9.97 Å². The van der Waals surface area contributed by atoms with Gasteiger partial charge in [0.1, 0.15) is 5.75 Å². The highest BCUT2D eigenvalue weighted by Crippen LogP contribution is 2.26. The van der Waals surface area contributed by atoms with Crippen molar-refractivity contribution < 1.29 is 13.0 Å². The summed E-state index contributed by atoms with van der Waals surface area (Å²) in [4.78, 5) is 8.64. The third-order valence-electron chi connectivity index (χ3n) is 3.27. The van der Waals surface area contributed by atoms with Gasteiger partial charge in [0.25, 0.3) is 10.1 Å². The van der Waals surface area contributed by atoms with Crippen molar-refractivity contribution in [2.45, 2.75) is 12.7 Å². The molecule has 0 unspecified atom stereocenters. The molecular formula is C14H12N2O3S. The van der Waals surface area contributed by atoms with E-state index in [4.69, 9.17) is 4.55 Å². The second-order valence-corrected chi connectivity index (χ2v) is 6.13. The van der Waals surface area contributed by atoms with Crippen LogP contribution in [0.2, 0.25) is 0 Å². The van der Waals surface area contributed by atoms with Gasteiger partial charge in [0.15, 0.2) is 0 Å². The molecule has 0 fully saturated rings. The SMILES string of the molecule is Cc1ccnc2c1ccc1c(CS(=O)(=O)O)ccnc12. The van der Waals surface area contributed by atoms with Crippen LogP contribution in [0.3, 0.4) is 0 Å². The van der Waals surface area contributed by atoms with Gasteiger partial charge in [-0.25, -0.2) is 0 Å². The Kier molecular flexibility index (Phi) is 2.92. The van der Waals surface area contributed by atoms with Crippen LogP contribution in [0, 0.1) is 6.92 Å². The van der Waals surface area contributed by atoms with Crippen molar-refractivity contribution in [2.75, 3.05) is 0 Å². The molecule has 0 atom stereocenters. The predicted molar refractivity (Wildman–Crippen MR) is 77.0 cm³/mol. The van der Waals surface area contributed by atoms with E-state index in [-0.39, 0.29) is 0 Å². The molecule has 0 bridgehead atoms. The molecule has 2 heterocycles.